The molecule has 0 radical (unpaired) electrons. The van der Waals surface area contributed by atoms with Crippen LogP contribution in [-0.4, -0.2) is 15.7 Å². The molecule has 0 unspecified atom stereocenters. The molecule has 4 rings (SSSR count). The standard InChI is InChI=1S/C23H19N3O2/c27-23(24-22-14-15-26(25-22)20-11-5-2-6-12-20)19-10-7-13-21(16-19)28-17-18-8-3-1-4-9-18/h1-16H,17H2,(H,24,25,27). The van der Waals surface area contributed by atoms with Crippen LogP contribution in [0, 0.1) is 0 Å². The normalized spacial score (nSPS) is 10.4. The number of amides is 1. The highest BCUT2D eigenvalue weighted by molar-refractivity contribution is 6.03. The van der Waals surface area contributed by atoms with Gasteiger partial charge in [-0.05, 0) is 35.9 Å². The van der Waals surface area contributed by atoms with Crippen LogP contribution in [0.4, 0.5) is 5.82 Å². The Hall–Kier alpha value is -3.86. The predicted molar refractivity (Wildman–Crippen MR) is 109 cm³/mol. The fourth-order valence-electron chi connectivity index (χ4n) is 2.77. The number of para-hydroxylation sites is 1. The highest BCUT2D eigenvalue weighted by Crippen LogP contribution is 2.17. The third-order valence-electron chi connectivity index (χ3n) is 4.20. The number of ether oxygens (including phenoxy) is 1. The average molecular weight is 369 g/mol. The van der Waals surface area contributed by atoms with Crippen molar-refractivity contribution in [3.8, 4) is 11.4 Å². The summed E-state index contributed by atoms with van der Waals surface area (Å²) in [6.07, 6.45) is 1.81. The summed E-state index contributed by atoms with van der Waals surface area (Å²) >= 11 is 0. The maximum Gasteiger partial charge on any atom is 0.256 e. The molecule has 28 heavy (non-hydrogen) atoms. The summed E-state index contributed by atoms with van der Waals surface area (Å²) in [5, 5.41) is 7.22. The maximum atomic E-state index is 12.6. The molecule has 1 heterocycles. The van der Waals surface area contributed by atoms with E-state index in [1.807, 2.05) is 72.9 Å². The molecular weight excluding hydrogens is 350 g/mol. The second-order valence-electron chi connectivity index (χ2n) is 6.24. The van der Waals surface area contributed by atoms with Crippen LogP contribution < -0.4 is 10.1 Å². The van der Waals surface area contributed by atoms with E-state index in [2.05, 4.69) is 10.4 Å². The first kappa shape index (κ1) is 17.5. The Morgan fingerprint density at radius 2 is 1.64 bits per heavy atom. The van der Waals surface area contributed by atoms with Gasteiger partial charge in [0.1, 0.15) is 12.4 Å². The van der Waals surface area contributed by atoms with Gasteiger partial charge >= 0.3 is 0 Å². The van der Waals surface area contributed by atoms with E-state index >= 15 is 0 Å². The van der Waals surface area contributed by atoms with E-state index in [0.717, 1.165) is 11.3 Å². The van der Waals surface area contributed by atoms with Gasteiger partial charge in [-0.1, -0.05) is 54.6 Å². The average Bonchev–Trinajstić information content (AvgIpc) is 3.22. The van der Waals surface area contributed by atoms with Crippen molar-refractivity contribution < 1.29 is 9.53 Å². The van der Waals surface area contributed by atoms with Gasteiger partial charge in [0, 0.05) is 17.8 Å². The predicted octanol–water partition coefficient (Wildman–Crippen LogP) is 4.70. The Morgan fingerprint density at radius 1 is 0.893 bits per heavy atom. The molecule has 0 spiro atoms. The van der Waals surface area contributed by atoms with Crippen LogP contribution in [-0.2, 0) is 6.61 Å². The van der Waals surface area contributed by atoms with E-state index < -0.39 is 0 Å². The van der Waals surface area contributed by atoms with Crippen LogP contribution in [0.2, 0.25) is 0 Å². The van der Waals surface area contributed by atoms with Gasteiger partial charge in [0.15, 0.2) is 5.82 Å². The van der Waals surface area contributed by atoms with Crippen molar-refractivity contribution in [1.82, 2.24) is 9.78 Å². The second-order valence-corrected chi connectivity index (χ2v) is 6.24. The Labute approximate surface area is 163 Å². The molecular formula is C23H19N3O2. The number of benzene rings is 3. The Balaban J connectivity index is 1.42. The zero-order valence-corrected chi connectivity index (χ0v) is 15.2. The van der Waals surface area contributed by atoms with Crippen LogP contribution in [0.5, 0.6) is 5.75 Å². The van der Waals surface area contributed by atoms with Crippen molar-refractivity contribution in [2.75, 3.05) is 5.32 Å². The first-order chi connectivity index (χ1) is 13.8. The zero-order valence-electron chi connectivity index (χ0n) is 15.2. The van der Waals surface area contributed by atoms with E-state index in [-0.39, 0.29) is 5.91 Å². The lowest BCUT2D eigenvalue weighted by molar-refractivity contribution is 0.102. The summed E-state index contributed by atoms with van der Waals surface area (Å²) < 4.78 is 7.51. The number of hydrogen-bond acceptors (Lipinski definition) is 3. The first-order valence-electron chi connectivity index (χ1n) is 8.97. The van der Waals surface area contributed by atoms with E-state index in [9.17, 15) is 4.79 Å². The first-order valence-corrected chi connectivity index (χ1v) is 8.97. The number of aromatic nitrogens is 2. The molecule has 5 heteroatoms. The minimum Gasteiger partial charge on any atom is -0.489 e. The summed E-state index contributed by atoms with van der Waals surface area (Å²) in [4.78, 5) is 12.6. The minimum absolute atomic E-state index is 0.233. The van der Waals surface area contributed by atoms with Crippen LogP contribution in [0.3, 0.4) is 0 Å². The van der Waals surface area contributed by atoms with Gasteiger partial charge in [-0.15, -0.1) is 0 Å². The third kappa shape index (κ3) is 4.27. The van der Waals surface area contributed by atoms with Crippen molar-refractivity contribution in [1.29, 1.82) is 0 Å². The van der Waals surface area contributed by atoms with Gasteiger partial charge in [0.05, 0.1) is 5.69 Å². The topological polar surface area (TPSA) is 56.2 Å². The lowest BCUT2D eigenvalue weighted by Gasteiger charge is -2.08. The lowest BCUT2D eigenvalue weighted by atomic mass is 10.2. The Bertz CT molecular complexity index is 1060. The van der Waals surface area contributed by atoms with Gasteiger partial charge in [-0.2, -0.15) is 5.10 Å². The molecule has 0 aliphatic heterocycles. The van der Waals surface area contributed by atoms with Gasteiger partial charge < -0.3 is 10.1 Å². The van der Waals surface area contributed by atoms with E-state index in [1.165, 1.54) is 0 Å². The minimum atomic E-state index is -0.233. The van der Waals surface area contributed by atoms with Gasteiger partial charge in [0.25, 0.3) is 5.91 Å². The third-order valence-corrected chi connectivity index (χ3v) is 4.20. The number of anilines is 1. The molecule has 0 aliphatic carbocycles. The number of carbonyl (C=O) groups is 1. The summed E-state index contributed by atoms with van der Waals surface area (Å²) in [6, 6.07) is 28.5. The smallest absolute Gasteiger partial charge is 0.256 e. The quantitative estimate of drug-likeness (QED) is 0.536. The number of hydrogen-bond donors (Lipinski definition) is 1. The molecule has 0 saturated carbocycles. The summed E-state index contributed by atoms with van der Waals surface area (Å²) in [6.45, 7) is 0.452. The van der Waals surface area contributed by atoms with Gasteiger partial charge in [0.2, 0.25) is 0 Å². The van der Waals surface area contributed by atoms with Crippen molar-refractivity contribution in [2.24, 2.45) is 0 Å². The molecule has 3 aromatic carbocycles. The number of nitrogens with one attached hydrogen (secondary N) is 1. The monoisotopic (exact) mass is 369 g/mol. The fraction of sp³-hybridized carbons (Fsp3) is 0.0435. The number of carbonyl (C=O) groups excluding carboxylic acids is 1. The Kier molecular flexibility index (Phi) is 5.15. The highest BCUT2D eigenvalue weighted by atomic mass is 16.5. The van der Waals surface area contributed by atoms with Crippen molar-refractivity contribution in [3.63, 3.8) is 0 Å². The van der Waals surface area contributed by atoms with E-state index in [4.69, 9.17) is 4.74 Å². The molecule has 0 atom stereocenters. The molecule has 1 aromatic heterocycles. The molecule has 138 valence electrons. The highest BCUT2D eigenvalue weighted by Gasteiger charge is 2.10. The van der Waals surface area contributed by atoms with Gasteiger partial charge in [-0.25, -0.2) is 4.68 Å². The molecule has 0 fully saturated rings. The summed E-state index contributed by atoms with van der Waals surface area (Å²) in [5.41, 5.74) is 2.52. The summed E-state index contributed by atoms with van der Waals surface area (Å²) in [7, 11) is 0. The van der Waals surface area contributed by atoms with Crippen molar-refractivity contribution in [3.05, 3.63) is 108 Å². The SMILES string of the molecule is O=C(Nc1ccn(-c2ccccc2)n1)c1cccc(OCc2ccccc2)c1. The number of nitrogens with zero attached hydrogens (tertiary/aromatic N) is 2. The number of rotatable bonds is 6. The van der Waals surface area contributed by atoms with Crippen molar-refractivity contribution >= 4 is 11.7 Å². The largest absolute Gasteiger partial charge is 0.489 e. The lowest BCUT2D eigenvalue weighted by Crippen LogP contribution is -2.12. The zero-order chi connectivity index (χ0) is 19.2. The molecule has 0 aliphatic rings. The molecule has 0 saturated heterocycles. The van der Waals surface area contributed by atoms with Crippen LogP contribution >= 0.6 is 0 Å². The molecule has 1 amide bonds. The second kappa shape index (κ2) is 8.22. The maximum absolute atomic E-state index is 12.6. The fourth-order valence-corrected chi connectivity index (χ4v) is 2.77. The summed E-state index contributed by atoms with van der Waals surface area (Å²) in [5.74, 6) is 0.902. The van der Waals surface area contributed by atoms with Crippen molar-refractivity contribution in [2.45, 2.75) is 6.61 Å². The van der Waals surface area contributed by atoms with E-state index in [0.29, 0.717) is 23.7 Å². The molecule has 0 bridgehead atoms. The molecule has 1 N–H and O–H groups in total. The van der Waals surface area contributed by atoms with E-state index in [1.54, 1.807) is 28.9 Å². The van der Waals surface area contributed by atoms with Crippen LogP contribution in [0.25, 0.3) is 5.69 Å². The molecule has 4 aromatic rings. The molecule has 5 nitrogen and oxygen atoms in total. The van der Waals surface area contributed by atoms with Gasteiger partial charge in [-0.3, -0.25) is 4.79 Å². The van der Waals surface area contributed by atoms with Crippen LogP contribution in [0.15, 0.2) is 97.2 Å². The Morgan fingerprint density at radius 3 is 2.43 bits per heavy atom. The van der Waals surface area contributed by atoms with Crippen LogP contribution in [0.1, 0.15) is 15.9 Å².